The molecular formula is C12H18ClFN2O. The lowest BCUT2D eigenvalue weighted by atomic mass is 10.1. The number of amides is 1. The Morgan fingerprint density at radius 2 is 2.00 bits per heavy atom. The summed E-state index contributed by atoms with van der Waals surface area (Å²) in [4.78, 5) is 11.4. The van der Waals surface area contributed by atoms with Crippen LogP contribution >= 0.6 is 12.4 Å². The number of carbonyl (C=O) groups is 1. The van der Waals surface area contributed by atoms with E-state index in [0.29, 0.717) is 12.1 Å². The van der Waals surface area contributed by atoms with Gasteiger partial charge in [0.1, 0.15) is 5.82 Å². The second kappa shape index (κ2) is 8.96. The molecule has 0 aromatic heterocycles. The maximum atomic E-state index is 13.2. The zero-order valence-corrected chi connectivity index (χ0v) is 10.6. The summed E-state index contributed by atoms with van der Waals surface area (Å²) in [6.45, 7) is 4.19. The number of likely N-dealkylation sites (N-methyl/N-ethyl adjacent to an activating group) is 1. The quantitative estimate of drug-likeness (QED) is 0.762. The van der Waals surface area contributed by atoms with Crippen molar-refractivity contribution in [3.8, 4) is 0 Å². The van der Waals surface area contributed by atoms with E-state index in [1.165, 1.54) is 6.07 Å². The lowest BCUT2D eigenvalue weighted by Gasteiger charge is -2.06. The first-order valence-corrected chi connectivity index (χ1v) is 5.45. The van der Waals surface area contributed by atoms with Crippen molar-refractivity contribution >= 4 is 18.3 Å². The van der Waals surface area contributed by atoms with Gasteiger partial charge < -0.3 is 10.6 Å². The van der Waals surface area contributed by atoms with E-state index in [-0.39, 0.29) is 30.6 Å². The van der Waals surface area contributed by atoms with Gasteiger partial charge in [-0.15, -0.1) is 12.4 Å². The van der Waals surface area contributed by atoms with Gasteiger partial charge in [0.05, 0.1) is 6.42 Å². The Hall–Kier alpha value is -1.13. The highest BCUT2D eigenvalue weighted by Crippen LogP contribution is 2.06. The molecule has 1 amide bonds. The molecule has 0 spiro atoms. The van der Waals surface area contributed by atoms with Crippen LogP contribution in [0.1, 0.15) is 12.5 Å². The van der Waals surface area contributed by atoms with E-state index < -0.39 is 0 Å². The maximum Gasteiger partial charge on any atom is 0.224 e. The lowest BCUT2D eigenvalue weighted by molar-refractivity contribution is -0.120. The molecule has 0 aliphatic rings. The van der Waals surface area contributed by atoms with Crippen LogP contribution in [-0.4, -0.2) is 25.5 Å². The molecule has 1 aromatic carbocycles. The SMILES string of the molecule is CCNCCNC(=O)Cc1ccccc1F.Cl. The number of hydrogen-bond acceptors (Lipinski definition) is 2. The fourth-order valence-corrected chi connectivity index (χ4v) is 1.34. The Balaban J connectivity index is 0.00000256. The monoisotopic (exact) mass is 260 g/mol. The van der Waals surface area contributed by atoms with Gasteiger partial charge in [-0.2, -0.15) is 0 Å². The summed E-state index contributed by atoms with van der Waals surface area (Å²) in [5.41, 5.74) is 0.434. The van der Waals surface area contributed by atoms with Crippen molar-refractivity contribution in [2.75, 3.05) is 19.6 Å². The molecule has 3 nitrogen and oxygen atoms in total. The molecular weight excluding hydrogens is 243 g/mol. The molecule has 96 valence electrons. The van der Waals surface area contributed by atoms with Gasteiger partial charge >= 0.3 is 0 Å². The van der Waals surface area contributed by atoms with E-state index >= 15 is 0 Å². The molecule has 1 aromatic rings. The fraction of sp³-hybridized carbons (Fsp3) is 0.417. The van der Waals surface area contributed by atoms with E-state index in [1.54, 1.807) is 18.2 Å². The van der Waals surface area contributed by atoms with E-state index in [1.807, 2.05) is 6.92 Å². The molecule has 0 bridgehead atoms. The number of benzene rings is 1. The van der Waals surface area contributed by atoms with E-state index in [4.69, 9.17) is 0 Å². The van der Waals surface area contributed by atoms with Crippen molar-refractivity contribution in [1.29, 1.82) is 0 Å². The third kappa shape index (κ3) is 6.24. The normalized spacial score (nSPS) is 9.53. The summed E-state index contributed by atoms with van der Waals surface area (Å²) >= 11 is 0. The van der Waals surface area contributed by atoms with Crippen LogP contribution < -0.4 is 10.6 Å². The molecule has 5 heteroatoms. The van der Waals surface area contributed by atoms with Crippen LogP contribution in [0.4, 0.5) is 4.39 Å². The number of nitrogens with one attached hydrogen (secondary N) is 2. The van der Waals surface area contributed by atoms with Crippen molar-refractivity contribution in [2.45, 2.75) is 13.3 Å². The smallest absolute Gasteiger partial charge is 0.224 e. The molecule has 0 fully saturated rings. The molecule has 0 atom stereocenters. The highest BCUT2D eigenvalue weighted by Gasteiger charge is 2.06. The summed E-state index contributed by atoms with van der Waals surface area (Å²) in [5.74, 6) is -0.479. The Bertz CT molecular complexity index is 347. The average Bonchev–Trinajstić information content (AvgIpc) is 2.28. The zero-order valence-electron chi connectivity index (χ0n) is 9.83. The van der Waals surface area contributed by atoms with Crippen LogP contribution in [0.5, 0.6) is 0 Å². The molecule has 0 saturated heterocycles. The largest absolute Gasteiger partial charge is 0.355 e. The molecule has 2 N–H and O–H groups in total. The molecule has 17 heavy (non-hydrogen) atoms. The molecule has 0 saturated carbocycles. The standard InChI is InChI=1S/C12H17FN2O.ClH/c1-2-14-7-8-15-12(16)9-10-5-3-4-6-11(10)13;/h3-6,14H,2,7-9H2,1H3,(H,15,16);1H. The van der Waals surface area contributed by atoms with Crippen LogP contribution in [-0.2, 0) is 11.2 Å². The minimum atomic E-state index is -0.329. The average molecular weight is 261 g/mol. The predicted octanol–water partition coefficient (Wildman–Crippen LogP) is 1.52. The molecule has 0 radical (unpaired) electrons. The Morgan fingerprint density at radius 3 is 2.65 bits per heavy atom. The fourth-order valence-electron chi connectivity index (χ4n) is 1.34. The Morgan fingerprint density at radius 1 is 1.29 bits per heavy atom. The van der Waals surface area contributed by atoms with Crippen molar-refractivity contribution in [3.63, 3.8) is 0 Å². The van der Waals surface area contributed by atoms with E-state index in [9.17, 15) is 9.18 Å². The number of rotatable bonds is 6. The third-order valence-electron chi connectivity index (χ3n) is 2.18. The Kier molecular flexibility index (Phi) is 8.36. The summed E-state index contributed by atoms with van der Waals surface area (Å²) in [6, 6.07) is 6.33. The molecule has 0 heterocycles. The zero-order chi connectivity index (χ0) is 11.8. The third-order valence-corrected chi connectivity index (χ3v) is 2.18. The highest BCUT2D eigenvalue weighted by atomic mass is 35.5. The van der Waals surface area contributed by atoms with Crippen LogP contribution in [0.15, 0.2) is 24.3 Å². The maximum absolute atomic E-state index is 13.2. The molecule has 0 unspecified atom stereocenters. The number of hydrogen-bond donors (Lipinski definition) is 2. The van der Waals surface area contributed by atoms with E-state index in [2.05, 4.69) is 10.6 Å². The minimum Gasteiger partial charge on any atom is -0.355 e. The van der Waals surface area contributed by atoms with Crippen molar-refractivity contribution in [1.82, 2.24) is 10.6 Å². The minimum absolute atomic E-state index is 0. The number of carbonyl (C=O) groups excluding carboxylic acids is 1. The Labute approximate surface area is 107 Å². The second-order valence-electron chi connectivity index (χ2n) is 3.47. The van der Waals surface area contributed by atoms with Gasteiger partial charge in [0.2, 0.25) is 5.91 Å². The van der Waals surface area contributed by atoms with Gasteiger partial charge in [0.25, 0.3) is 0 Å². The molecule has 0 aliphatic heterocycles. The first-order chi connectivity index (χ1) is 7.74. The van der Waals surface area contributed by atoms with Crippen LogP contribution in [0.3, 0.4) is 0 Å². The first kappa shape index (κ1) is 15.9. The van der Waals surface area contributed by atoms with Crippen LogP contribution in [0.25, 0.3) is 0 Å². The van der Waals surface area contributed by atoms with Gasteiger partial charge in [-0.25, -0.2) is 4.39 Å². The van der Waals surface area contributed by atoms with Gasteiger partial charge in [0.15, 0.2) is 0 Å². The number of halogens is 2. The van der Waals surface area contributed by atoms with Crippen molar-refractivity contribution in [3.05, 3.63) is 35.6 Å². The highest BCUT2D eigenvalue weighted by molar-refractivity contribution is 5.85. The summed E-state index contributed by atoms with van der Waals surface area (Å²) in [5, 5.41) is 5.82. The van der Waals surface area contributed by atoms with Gasteiger partial charge in [-0.05, 0) is 18.2 Å². The second-order valence-corrected chi connectivity index (χ2v) is 3.47. The topological polar surface area (TPSA) is 41.1 Å². The molecule has 0 aliphatic carbocycles. The van der Waals surface area contributed by atoms with Crippen LogP contribution in [0, 0.1) is 5.82 Å². The predicted molar refractivity (Wildman–Crippen MR) is 68.9 cm³/mol. The van der Waals surface area contributed by atoms with Gasteiger partial charge in [0, 0.05) is 13.1 Å². The summed E-state index contributed by atoms with van der Waals surface area (Å²) in [6.07, 6.45) is 0.0960. The van der Waals surface area contributed by atoms with Crippen LogP contribution in [0.2, 0.25) is 0 Å². The van der Waals surface area contributed by atoms with Gasteiger partial charge in [-0.3, -0.25) is 4.79 Å². The summed E-state index contributed by atoms with van der Waals surface area (Å²) in [7, 11) is 0. The van der Waals surface area contributed by atoms with Gasteiger partial charge in [-0.1, -0.05) is 25.1 Å². The van der Waals surface area contributed by atoms with E-state index in [0.717, 1.165) is 13.1 Å². The van der Waals surface area contributed by atoms with Crippen molar-refractivity contribution in [2.24, 2.45) is 0 Å². The first-order valence-electron chi connectivity index (χ1n) is 5.45. The van der Waals surface area contributed by atoms with Crippen molar-refractivity contribution < 1.29 is 9.18 Å². The summed E-state index contributed by atoms with van der Waals surface area (Å²) < 4.78 is 13.2. The lowest BCUT2D eigenvalue weighted by Crippen LogP contribution is -2.32. The molecule has 1 rings (SSSR count).